The summed E-state index contributed by atoms with van der Waals surface area (Å²) in [6, 6.07) is 10.3. The second kappa shape index (κ2) is 6.83. The Morgan fingerprint density at radius 3 is 2.62 bits per heavy atom. The first-order chi connectivity index (χ1) is 10.2. The van der Waals surface area contributed by atoms with Gasteiger partial charge in [-0.1, -0.05) is 31.9 Å². The molecule has 1 aliphatic heterocycles. The SMILES string of the molecule is Cc1cccc(NC2CCN(C3CCCC(C)C3)CC2)c1. The first kappa shape index (κ1) is 14.9. The summed E-state index contributed by atoms with van der Waals surface area (Å²) in [7, 11) is 0. The predicted molar refractivity (Wildman–Crippen MR) is 90.8 cm³/mol. The van der Waals surface area contributed by atoms with Crippen molar-refractivity contribution in [3.8, 4) is 0 Å². The number of anilines is 1. The molecule has 3 rings (SSSR count). The summed E-state index contributed by atoms with van der Waals surface area (Å²) in [6.07, 6.45) is 8.32. The molecule has 21 heavy (non-hydrogen) atoms. The van der Waals surface area contributed by atoms with Crippen molar-refractivity contribution in [2.24, 2.45) is 5.92 Å². The lowest BCUT2D eigenvalue weighted by Crippen LogP contribution is -2.46. The summed E-state index contributed by atoms with van der Waals surface area (Å²) in [4.78, 5) is 2.77. The maximum atomic E-state index is 3.73. The quantitative estimate of drug-likeness (QED) is 0.883. The zero-order valence-electron chi connectivity index (χ0n) is 13.6. The summed E-state index contributed by atoms with van der Waals surface area (Å²) >= 11 is 0. The van der Waals surface area contributed by atoms with Crippen LogP contribution in [0.25, 0.3) is 0 Å². The maximum Gasteiger partial charge on any atom is 0.0344 e. The Balaban J connectivity index is 1.48. The molecular formula is C19H30N2. The average Bonchev–Trinajstić information content (AvgIpc) is 2.48. The van der Waals surface area contributed by atoms with E-state index in [2.05, 4.69) is 48.3 Å². The largest absolute Gasteiger partial charge is 0.382 e. The molecule has 1 saturated heterocycles. The Kier molecular flexibility index (Phi) is 4.84. The molecule has 0 radical (unpaired) electrons. The van der Waals surface area contributed by atoms with Crippen molar-refractivity contribution < 1.29 is 0 Å². The zero-order valence-corrected chi connectivity index (χ0v) is 13.6. The number of piperidine rings is 1. The third-order valence-corrected chi connectivity index (χ3v) is 5.34. The maximum absolute atomic E-state index is 3.73. The van der Waals surface area contributed by atoms with Crippen molar-refractivity contribution in [3.05, 3.63) is 29.8 Å². The Hall–Kier alpha value is -1.02. The number of nitrogens with zero attached hydrogens (tertiary/aromatic N) is 1. The second-order valence-electron chi connectivity index (χ2n) is 7.25. The third-order valence-electron chi connectivity index (χ3n) is 5.34. The summed E-state index contributed by atoms with van der Waals surface area (Å²) in [5, 5.41) is 3.73. The smallest absolute Gasteiger partial charge is 0.0344 e. The van der Waals surface area contributed by atoms with Gasteiger partial charge in [-0.25, -0.2) is 0 Å². The Morgan fingerprint density at radius 1 is 1.10 bits per heavy atom. The Labute approximate surface area is 129 Å². The highest BCUT2D eigenvalue weighted by atomic mass is 15.2. The highest BCUT2D eigenvalue weighted by molar-refractivity contribution is 5.46. The van der Waals surface area contributed by atoms with Gasteiger partial charge in [0.1, 0.15) is 0 Å². The van der Waals surface area contributed by atoms with Gasteiger partial charge >= 0.3 is 0 Å². The third kappa shape index (κ3) is 4.00. The van der Waals surface area contributed by atoms with Crippen LogP contribution in [-0.4, -0.2) is 30.1 Å². The van der Waals surface area contributed by atoms with Crippen molar-refractivity contribution in [1.82, 2.24) is 4.90 Å². The van der Waals surface area contributed by atoms with E-state index in [0.29, 0.717) is 6.04 Å². The molecule has 116 valence electrons. The van der Waals surface area contributed by atoms with Crippen LogP contribution in [0.4, 0.5) is 5.69 Å². The minimum absolute atomic E-state index is 0.657. The highest BCUT2D eigenvalue weighted by Crippen LogP contribution is 2.29. The first-order valence-electron chi connectivity index (χ1n) is 8.78. The molecule has 1 aromatic carbocycles. The number of nitrogens with one attached hydrogen (secondary N) is 1. The molecule has 0 aromatic heterocycles. The van der Waals surface area contributed by atoms with Crippen molar-refractivity contribution in [1.29, 1.82) is 0 Å². The molecule has 0 amide bonds. The predicted octanol–water partition coefficient (Wildman–Crippen LogP) is 4.45. The summed E-state index contributed by atoms with van der Waals surface area (Å²) in [6.45, 7) is 7.15. The van der Waals surface area contributed by atoms with Crippen molar-refractivity contribution in [2.45, 2.75) is 64.5 Å². The highest BCUT2D eigenvalue weighted by Gasteiger charge is 2.28. The van der Waals surface area contributed by atoms with Gasteiger partial charge < -0.3 is 10.2 Å². The minimum atomic E-state index is 0.657. The lowest BCUT2D eigenvalue weighted by atomic mass is 9.85. The standard InChI is InChI=1S/C19H30N2/c1-15-5-3-7-18(13-15)20-17-9-11-21(12-10-17)19-8-4-6-16(2)14-19/h3,5,7,13,16-17,19-20H,4,6,8-12,14H2,1-2H3. The van der Waals surface area contributed by atoms with Gasteiger partial charge in [0, 0.05) is 30.9 Å². The molecule has 0 spiro atoms. The topological polar surface area (TPSA) is 15.3 Å². The number of rotatable bonds is 3. The molecule has 0 bridgehead atoms. The zero-order chi connectivity index (χ0) is 14.7. The van der Waals surface area contributed by atoms with E-state index in [1.807, 2.05) is 0 Å². The van der Waals surface area contributed by atoms with E-state index in [9.17, 15) is 0 Å². The lowest BCUT2D eigenvalue weighted by Gasteiger charge is -2.41. The van der Waals surface area contributed by atoms with Gasteiger partial charge in [-0.3, -0.25) is 0 Å². The fourth-order valence-electron chi connectivity index (χ4n) is 4.11. The van der Waals surface area contributed by atoms with Crippen LogP contribution >= 0.6 is 0 Å². The molecule has 2 atom stereocenters. The van der Waals surface area contributed by atoms with E-state index in [4.69, 9.17) is 0 Å². The number of likely N-dealkylation sites (tertiary alicyclic amines) is 1. The van der Waals surface area contributed by atoms with Crippen LogP contribution in [0.15, 0.2) is 24.3 Å². The van der Waals surface area contributed by atoms with Crippen LogP contribution < -0.4 is 5.32 Å². The van der Waals surface area contributed by atoms with E-state index in [0.717, 1.165) is 12.0 Å². The van der Waals surface area contributed by atoms with Crippen LogP contribution in [0.5, 0.6) is 0 Å². The Bertz CT molecular complexity index is 449. The summed E-state index contributed by atoms with van der Waals surface area (Å²) < 4.78 is 0. The molecule has 1 saturated carbocycles. The average molecular weight is 286 g/mol. The van der Waals surface area contributed by atoms with E-state index < -0.39 is 0 Å². The van der Waals surface area contributed by atoms with Gasteiger partial charge in [0.05, 0.1) is 0 Å². The summed E-state index contributed by atoms with van der Waals surface area (Å²) in [5.41, 5.74) is 2.63. The summed E-state index contributed by atoms with van der Waals surface area (Å²) in [5.74, 6) is 0.937. The van der Waals surface area contributed by atoms with Crippen molar-refractivity contribution in [3.63, 3.8) is 0 Å². The molecule has 1 N–H and O–H groups in total. The molecule has 1 aromatic rings. The normalized spacial score (nSPS) is 28.5. The van der Waals surface area contributed by atoms with Gasteiger partial charge in [0.25, 0.3) is 0 Å². The van der Waals surface area contributed by atoms with Crippen LogP contribution in [0, 0.1) is 12.8 Å². The van der Waals surface area contributed by atoms with E-state index in [1.165, 1.54) is 62.9 Å². The van der Waals surface area contributed by atoms with Crippen LogP contribution in [-0.2, 0) is 0 Å². The molecule has 1 aliphatic carbocycles. The first-order valence-corrected chi connectivity index (χ1v) is 8.78. The van der Waals surface area contributed by atoms with Crippen LogP contribution in [0.3, 0.4) is 0 Å². The van der Waals surface area contributed by atoms with E-state index in [-0.39, 0.29) is 0 Å². The fourth-order valence-corrected chi connectivity index (χ4v) is 4.11. The monoisotopic (exact) mass is 286 g/mol. The molecule has 2 aliphatic rings. The van der Waals surface area contributed by atoms with Crippen molar-refractivity contribution in [2.75, 3.05) is 18.4 Å². The molecule has 2 heteroatoms. The molecule has 2 nitrogen and oxygen atoms in total. The minimum Gasteiger partial charge on any atom is -0.382 e. The molecular weight excluding hydrogens is 256 g/mol. The van der Waals surface area contributed by atoms with Crippen molar-refractivity contribution >= 4 is 5.69 Å². The van der Waals surface area contributed by atoms with E-state index in [1.54, 1.807) is 0 Å². The number of hydrogen-bond acceptors (Lipinski definition) is 2. The number of aryl methyl sites for hydroxylation is 1. The van der Waals surface area contributed by atoms with Gasteiger partial charge in [-0.15, -0.1) is 0 Å². The molecule has 2 fully saturated rings. The van der Waals surface area contributed by atoms with Crippen LogP contribution in [0.1, 0.15) is 51.0 Å². The molecule has 2 unspecified atom stereocenters. The van der Waals surface area contributed by atoms with Gasteiger partial charge in [-0.2, -0.15) is 0 Å². The van der Waals surface area contributed by atoms with Gasteiger partial charge in [0.15, 0.2) is 0 Å². The number of benzene rings is 1. The molecule has 1 heterocycles. The fraction of sp³-hybridized carbons (Fsp3) is 0.684. The van der Waals surface area contributed by atoms with Gasteiger partial charge in [0.2, 0.25) is 0 Å². The number of hydrogen-bond donors (Lipinski definition) is 1. The van der Waals surface area contributed by atoms with Gasteiger partial charge in [-0.05, 0) is 56.2 Å². The Morgan fingerprint density at radius 2 is 1.90 bits per heavy atom. The lowest BCUT2D eigenvalue weighted by molar-refractivity contribution is 0.109. The second-order valence-corrected chi connectivity index (χ2v) is 7.25. The van der Waals surface area contributed by atoms with E-state index >= 15 is 0 Å². The van der Waals surface area contributed by atoms with Crippen LogP contribution in [0.2, 0.25) is 0 Å².